The molecule has 2 rings (SSSR count). The molecule has 1 aromatic rings. The molecule has 114 valence electrons. The fourth-order valence-corrected chi connectivity index (χ4v) is 2.23. The fraction of sp³-hybridized carbons (Fsp3) is 0.167. The van der Waals surface area contributed by atoms with Crippen molar-refractivity contribution in [3.05, 3.63) is 77.4 Å². The first kappa shape index (κ1) is 15.8. The van der Waals surface area contributed by atoms with E-state index in [1.807, 2.05) is 13.8 Å². The Labute approximate surface area is 129 Å². The van der Waals surface area contributed by atoms with E-state index in [9.17, 15) is 14.3 Å². The SMILES string of the molecule is C=C1C=CC(C(=O)O)=CN1/C(=C(/C)CC)c1ccc(F)cc1. The first-order valence-corrected chi connectivity index (χ1v) is 7.01. The van der Waals surface area contributed by atoms with E-state index in [1.54, 1.807) is 29.3 Å². The van der Waals surface area contributed by atoms with E-state index in [0.29, 0.717) is 5.70 Å². The smallest absolute Gasteiger partial charge is 0.337 e. The van der Waals surface area contributed by atoms with E-state index in [1.165, 1.54) is 18.2 Å². The molecule has 0 aliphatic carbocycles. The van der Waals surface area contributed by atoms with Crippen molar-refractivity contribution in [3.63, 3.8) is 0 Å². The number of rotatable bonds is 4. The van der Waals surface area contributed by atoms with Gasteiger partial charge in [0, 0.05) is 11.9 Å². The molecule has 0 radical (unpaired) electrons. The summed E-state index contributed by atoms with van der Waals surface area (Å²) >= 11 is 0. The lowest BCUT2D eigenvalue weighted by Crippen LogP contribution is -2.20. The Morgan fingerprint density at radius 1 is 1.27 bits per heavy atom. The van der Waals surface area contributed by atoms with Gasteiger partial charge in [0.05, 0.1) is 11.3 Å². The third-order valence-corrected chi connectivity index (χ3v) is 3.57. The van der Waals surface area contributed by atoms with Crippen molar-refractivity contribution in [1.82, 2.24) is 4.90 Å². The van der Waals surface area contributed by atoms with Crippen LogP contribution in [0.3, 0.4) is 0 Å². The molecule has 0 saturated carbocycles. The maximum absolute atomic E-state index is 13.2. The van der Waals surface area contributed by atoms with Crippen LogP contribution in [0.25, 0.3) is 5.70 Å². The van der Waals surface area contributed by atoms with Crippen LogP contribution in [-0.4, -0.2) is 16.0 Å². The molecule has 1 heterocycles. The lowest BCUT2D eigenvalue weighted by molar-refractivity contribution is -0.132. The monoisotopic (exact) mass is 299 g/mol. The summed E-state index contributed by atoms with van der Waals surface area (Å²) in [6.45, 7) is 7.95. The number of hydrogen-bond donors (Lipinski definition) is 1. The van der Waals surface area contributed by atoms with Crippen LogP contribution in [0.1, 0.15) is 25.8 Å². The molecule has 1 aliphatic heterocycles. The number of carboxylic acids is 1. The topological polar surface area (TPSA) is 40.5 Å². The van der Waals surface area contributed by atoms with Gasteiger partial charge in [0.1, 0.15) is 5.82 Å². The van der Waals surface area contributed by atoms with Gasteiger partial charge in [-0.2, -0.15) is 0 Å². The molecule has 1 aliphatic rings. The predicted molar refractivity (Wildman–Crippen MR) is 85.1 cm³/mol. The minimum atomic E-state index is -0.999. The van der Waals surface area contributed by atoms with Gasteiger partial charge in [0.15, 0.2) is 0 Å². The molecule has 0 amide bonds. The average molecular weight is 299 g/mol. The summed E-state index contributed by atoms with van der Waals surface area (Å²) in [6.07, 6.45) is 5.51. The first-order valence-electron chi connectivity index (χ1n) is 7.01. The van der Waals surface area contributed by atoms with Crippen LogP contribution in [0.5, 0.6) is 0 Å². The van der Waals surface area contributed by atoms with Crippen LogP contribution < -0.4 is 0 Å². The lowest BCUT2D eigenvalue weighted by atomic mass is 10.0. The molecule has 3 nitrogen and oxygen atoms in total. The molecule has 1 N–H and O–H groups in total. The highest BCUT2D eigenvalue weighted by Crippen LogP contribution is 2.31. The Bertz CT molecular complexity index is 696. The number of aliphatic carboxylic acids is 1. The largest absolute Gasteiger partial charge is 0.478 e. The number of halogens is 1. The van der Waals surface area contributed by atoms with Gasteiger partial charge in [0.2, 0.25) is 0 Å². The predicted octanol–water partition coefficient (Wildman–Crippen LogP) is 4.32. The maximum Gasteiger partial charge on any atom is 0.337 e. The summed E-state index contributed by atoms with van der Waals surface area (Å²) in [7, 11) is 0. The molecule has 0 bridgehead atoms. The highest BCUT2D eigenvalue weighted by Gasteiger charge is 2.19. The summed E-state index contributed by atoms with van der Waals surface area (Å²) in [5.41, 5.74) is 3.55. The number of nitrogens with zero attached hydrogens (tertiary/aromatic N) is 1. The summed E-state index contributed by atoms with van der Waals surface area (Å²) in [4.78, 5) is 13.0. The number of benzene rings is 1. The quantitative estimate of drug-likeness (QED) is 0.900. The van der Waals surface area contributed by atoms with Gasteiger partial charge in [-0.3, -0.25) is 0 Å². The lowest BCUT2D eigenvalue weighted by Gasteiger charge is -2.29. The zero-order valence-electron chi connectivity index (χ0n) is 12.6. The fourth-order valence-electron chi connectivity index (χ4n) is 2.23. The zero-order chi connectivity index (χ0) is 16.3. The number of carboxylic acid groups (broad SMARTS) is 1. The second-order valence-corrected chi connectivity index (χ2v) is 5.07. The molecule has 4 heteroatoms. The first-order chi connectivity index (χ1) is 10.4. The van der Waals surface area contributed by atoms with E-state index in [-0.39, 0.29) is 11.4 Å². The Morgan fingerprint density at radius 3 is 2.45 bits per heavy atom. The van der Waals surface area contributed by atoms with E-state index < -0.39 is 5.97 Å². The van der Waals surface area contributed by atoms with Gasteiger partial charge in [-0.15, -0.1) is 0 Å². The molecular weight excluding hydrogens is 281 g/mol. The highest BCUT2D eigenvalue weighted by atomic mass is 19.1. The van der Waals surface area contributed by atoms with E-state index in [0.717, 1.165) is 23.3 Å². The van der Waals surface area contributed by atoms with Crippen LogP contribution in [0.2, 0.25) is 0 Å². The Hall–Kier alpha value is -2.62. The number of allylic oxidation sites excluding steroid dienone is 2. The van der Waals surface area contributed by atoms with Gasteiger partial charge >= 0.3 is 5.97 Å². The van der Waals surface area contributed by atoms with Gasteiger partial charge in [-0.1, -0.05) is 13.5 Å². The van der Waals surface area contributed by atoms with Crippen molar-refractivity contribution in [2.24, 2.45) is 0 Å². The number of carbonyl (C=O) groups is 1. The van der Waals surface area contributed by atoms with Crippen LogP contribution in [0.4, 0.5) is 4.39 Å². The maximum atomic E-state index is 13.2. The van der Waals surface area contributed by atoms with Crippen LogP contribution in [0.15, 0.2) is 66.0 Å². The van der Waals surface area contributed by atoms with E-state index >= 15 is 0 Å². The van der Waals surface area contributed by atoms with E-state index in [4.69, 9.17) is 0 Å². The van der Waals surface area contributed by atoms with Gasteiger partial charge in [-0.25, -0.2) is 9.18 Å². The molecule has 0 aromatic heterocycles. The Kier molecular flexibility index (Phi) is 4.61. The summed E-state index contributed by atoms with van der Waals surface area (Å²) < 4.78 is 13.2. The highest BCUT2D eigenvalue weighted by molar-refractivity contribution is 5.91. The third kappa shape index (κ3) is 3.17. The van der Waals surface area contributed by atoms with Crippen molar-refractivity contribution in [2.45, 2.75) is 20.3 Å². The minimum Gasteiger partial charge on any atom is -0.478 e. The summed E-state index contributed by atoms with van der Waals surface area (Å²) in [5.74, 6) is -1.31. The van der Waals surface area contributed by atoms with Gasteiger partial charge in [0.25, 0.3) is 0 Å². The number of hydrogen-bond acceptors (Lipinski definition) is 2. The average Bonchev–Trinajstić information content (AvgIpc) is 2.50. The van der Waals surface area contributed by atoms with Crippen molar-refractivity contribution < 1.29 is 14.3 Å². The van der Waals surface area contributed by atoms with Crippen molar-refractivity contribution in [3.8, 4) is 0 Å². The Morgan fingerprint density at radius 2 is 1.91 bits per heavy atom. The molecule has 0 atom stereocenters. The van der Waals surface area contributed by atoms with Gasteiger partial charge in [-0.05, 0) is 60.9 Å². The van der Waals surface area contributed by atoms with Gasteiger partial charge < -0.3 is 10.0 Å². The second kappa shape index (κ2) is 6.43. The summed E-state index contributed by atoms with van der Waals surface area (Å²) in [5, 5.41) is 9.19. The molecule has 1 aromatic carbocycles. The molecular formula is C18H18FNO2. The normalized spacial score (nSPS) is 15.5. The van der Waals surface area contributed by atoms with Crippen molar-refractivity contribution >= 4 is 11.7 Å². The minimum absolute atomic E-state index is 0.177. The molecule has 0 fully saturated rings. The molecule has 0 unspecified atom stereocenters. The van der Waals surface area contributed by atoms with Crippen LogP contribution in [0, 0.1) is 5.82 Å². The molecule has 22 heavy (non-hydrogen) atoms. The second-order valence-electron chi connectivity index (χ2n) is 5.07. The van der Waals surface area contributed by atoms with E-state index in [2.05, 4.69) is 6.58 Å². The zero-order valence-corrected chi connectivity index (χ0v) is 12.6. The van der Waals surface area contributed by atoms with Crippen molar-refractivity contribution in [2.75, 3.05) is 0 Å². The molecule has 0 saturated heterocycles. The van der Waals surface area contributed by atoms with Crippen LogP contribution >= 0.6 is 0 Å². The standard InChI is InChI=1S/C18H18FNO2/c1-4-12(2)17(14-7-9-16(19)10-8-14)20-11-15(18(21)22)6-5-13(20)3/h5-11H,3-4H2,1-2H3,(H,21,22)/b17-12-. The van der Waals surface area contributed by atoms with Crippen molar-refractivity contribution in [1.29, 1.82) is 0 Å². The third-order valence-electron chi connectivity index (χ3n) is 3.57. The molecule has 0 spiro atoms. The Balaban J connectivity index is 2.55. The van der Waals surface area contributed by atoms with Crippen LogP contribution in [-0.2, 0) is 4.79 Å². The summed E-state index contributed by atoms with van der Waals surface area (Å²) in [6, 6.07) is 6.15.